The third-order valence-corrected chi connectivity index (χ3v) is 4.14. The van der Waals surface area contributed by atoms with E-state index in [0.717, 1.165) is 31.2 Å². The summed E-state index contributed by atoms with van der Waals surface area (Å²) in [6.07, 6.45) is 0.122. The average molecular weight is 482 g/mol. The maximum atomic E-state index is 10.2. The Hall–Kier alpha value is -1.80. The van der Waals surface area contributed by atoms with Crippen LogP contribution in [0.15, 0.2) is 65.7 Å². The summed E-state index contributed by atoms with van der Waals surface area (Å²) in [7, 11) is 2.08. The maximum absolute atomic E-state index is 10.2. The summed E-state index contributed by atoms with van der Waals surface area (Å²) in [5.74, 6) is 0.786. The zero-order valence-corrected chi connectivity index (χ0v) is 18.5. The van der Waals surface area contributed by atoms with Gasteiger partial charge in [-0.1, -0.05) is 48.5 Å². The molecule has 0 amide bonds. The quantitative estimate of drug-likeness (QED) is 0.291. The largest absolute Gasteiger partial charge is 0.388 e. The number of nitrogens with one attached hydrogen (secondary N) is 2. The van der Waals surface area contributed by atoms with Crippen LogP contribution in [-0.4, -0.2) is 44.3 Å². The van der Waals surface area contributed by atoms with Crippen LogP contribution in [0.5, 0.6) is 0 Å². The number of hydrogen-bond donors (Lipinski definition) is 3. The minimum atomic E-state index is -0.480. The molecule has 0 saturated heterocycles. The number of guanidine groups is 1. The van der Waals surface area contributed by atoms with E-state index in [-0.39, 0.29) is 24.0 Å². The van der Waals surface area contributed by atoms with Crippen molar-refractivity contribution in [1.82, 2.24) is 10.6 Å². The zero-order chi connectivity index (χ0) is 18.6. The van der Waals surface area contributed by atoms with Crippen LogP contribution in [-0.2, 0) is 0 Å². The molecule has 3 N–H and O–H groups in total. The summed E-state index contributed by atoms with van der Waals surface area (Å²) in [4.78, 5) is 6.77. The lowest BCUT2D eigenvalue weighted by Gasteiger charge is -2.20. The highest BCUT2D eigenvalue weighted by Gasteiger charge is 2.06. The molecule has 0 aliphatic carbocycles. The third kappa shape index (κ3) is 8.62. The molecule has 0 heterocycles. The number of rotatable bonds is 9. The second-order valence-electron chi connectivity index (χ2n) is 6.16. The van der Waals surface area contributed by atoms with Crippen LogP contribution in [0.2, 0.25) is 0 Å². The highest BCUT2D eigenvalue weighted by atomic mass is 127. The van der Waals surface area contributed by atoms with E-state index in [1.807, 2.05) is 55.5 Å². The molecule has 0 radical (unpaired) electrons. The Morgan fingerprint density at radius 2 is 1.67 bits per heavy atom. The fourth-order valence-corrected chi connectivity index (χ4v) is 2.64. The van der Waals surface area contributed by atoms with E-state index in [1.54, 1.807) is 0 Å². The predicted molar refractivity (Wildman–Crippen MR) is 125 cm³/mol. The number of benzene rings is 2. The van der Waals surface area contributed by atoms with Crippen molar-refractivity contribution in [3.05, 3.63) is 66.2 Å². The molecule has 2 aromatic carbocycles. The first kappa shape index (κ1) is 23.2. The second kappa shape index (κ2) is 13.4. The molecule has 0 spiro atoms. The molecule has 6 heteroatoms. The van der Waals surface area contributed by atoms with Gasteiger partial charge in [0.15, 0.2) is 5.96 Å². The first-order valence-corrected chi connectivity index (χ1v) is 9.22. The van der Waals surface area contributed by atoms with Crippen LogP contribution in [0.3, 0.4) is 0 Å². The Bertz CT molecular complexity index is 652. The van der Waals surface area contributed by atoms with Gasteiger partial charge in [-0.2, -0.15) is 0 Å². The Balaban J connectivity index is 0.00000364. The standard InChI is InChI=1S/C21H30N4O.HI/c1-3-22-21(23-15-14-20(26)18-10-6-4-7-11-18)24-16-17-25(2)19-12-8-5-9-13-19;/h4-13,20,26H,3,14-17H2,1-2H3,(H2,22,23,24);1H. The summed E-state index contributed by atoms with van der Waals surface area (Å²) in [6.45, 7) is 5.09. The van der Waals surface area contributed by atoms with E-state index in [1.165, 1.54) is 5.69 Å². The van der Waals surface area contributed by atoms with Crippen molar-refractivity contribution in [2.75, 3.05) is 38.1 Å². The normalized spacial score (nSPS) is 12.0. The number of para-hydroxylation sites is 1. The van der Waals surface area contributed by atoms with Crippen LogP contribution < -0.4 is 15.5 Å². The third-order valence-electron chi connectivity index (χ3n) is 4.14. The summed E-state index contributed by atoms with van der Waals surface area (Å²) in [5.41, 5.74) is 2.13. The van der Waals surface area contributed by atoms with Crippen molar-refractivity contribution in [1.29, 1.82) is 0 Å². The molecule has 0 aliphatic rings. The smallest absolute Gasteiger partial charge is 0.191 e. The van der Waals surface area contributed by atoms with E-state index in [0.29, 0.717) is 13.0 Å². The monoisotopic (exact) mass is 482 g/mol. The van der Waals surface area contributed by atoms with Crippen molar-refractivity contribution in [2.24, 2.45) is 4.99 Å². The molecular weight excluding hydrogens is 451 g/mol. The molecule has 0 saturated carbocycles. The molecule has 5 nitrogen and oxygen atoms in total. The Kier molecular flexibility index (Phi) is 11.5. The van der Waals surface area contributed by atoms with Crippen LogP contribution in [0.4, 0.5) is 5.69 Å². The van der Waals surface area contributed by atoms with E-state index in [4.69, 9.17) is 0 Å². The number of hydrogen-bond acceptors (Lipinski definition) is 3. The lowest BCUT2D eigenvalue weighted by atomic mass is 10.1. The molecule has 2 aromatic rings. The van der Waals surface area contributed by atoms with Crippen molar-refractivity contribution in [3.8, 4) is 0 Å². The predicted octanol–water partition coefficient (Wildman–Crippen LogP) is 3.42. The molecule has 0 aromatic heterocycles. The van der Waals surface area contributed by atoms with Crippen LogP contribution in [0.1, 0.15) is 25.0 Å². The number of aliphatic imine (C=N–C) groups is 1. The summed E-state index contributed by atoms with van der Waals surface area (Å²) in [5, 5.41) is 16.8. The van der Waals surface area contributed by atoms with Crippen molar-refractivity contribution in [2.45, 2.75) is 19.4 Å². The summed E-state index contributed by atoms with van der Waals surface area (Å²) in [6, 6.07) is 20.0. The number of likely N-dealkylation sites (N-methyl/N-ethyl adjacent to an activating group) is 1. The molecule has 1 unspecified atom stereocenters. The zero-order valence-electron chi connectivity index (χ0n) is 16.1. The Morgan fingerprint density at radius 3 is 2.30 bits per heavy atom. The molecule has 1 atom stereocenters. The number of halogens is 1. The number of anilines is 1. The van der Waals surface area contributed by atoms with Gasteiger partial charge in [0.1, 0.15) is 0 Å². The first-order chi connectivity index (χ1) is 12.7. The number of aliphatic hydroxyl groups excluding tert-OH is 1. The summed E-state index contributed by atoms with van der Waals surface area (Å²) >= 11 is 0. The molecular formula is C21H31IN4O. The highest BCUT2D eigenvalue weighted by Crippen LogP contribution is 2.15. The lowest BCUT2D eigenvalue weighted by molar-refractivity contribution is 0.170. The minimum Gasteiger partial charge on any atom is -0.388 e. The van der Waals surface area contributed by atoms with E-state index in [9.17, 15) is 5.11 Å². The van der Waals surface area contributed by atoms with Gasteiger partial charge in [0.05, 0.1) is 6.10 Å². The average Bonchev–Trinajstić information content (AvgIpc) is 2.69. The van der Waals surface area contributed by atoms with Crippen LogP contribution >= 0.6 is 24.0 Å². The maximum Gasteiger partial charge on any atom is 0.191 e. The van der Waals surface area contributed by atoms with Gasteiger partial charge in [-0.3, -0.25) is 4.99 Å². The van der Waals surface area contributed by atoms with Crippen molar-refractivity contribution < 1.29 is 5.11 Å². The SMILES string of the molecule is CCNC(=NCCC(O)c1ccccc1)NCCN(C)c1ccccc1.I. The van der Waals surface area contributed by atoms with Gasteiger partial charge < -0.3 is 20.6 Å². The molecule has 0 bridgehead atoms. The van der Waals surface area contributed by atoms with Gasteiger partial charge in [-0.25, -0.2) is 0 Å². The first-order valence-electron chi connectivity index (χ1n) is 9.22. The molecule has 0 fully saturated rings. The Labute approximate surface area is 179 Å². The minimum absolute atomic E-state index is 0. The molecule has 27 heavy (non-hydrogen) atoms. The summed E-state index contributed by atoms with van der Waals surface area (Å²) < 4.78 is 0. The highest BCUT2D eigenvalue weighted by molar-refractivity contribution is 14.0. The van der Waals surface area contributed by atoms with Crippen LogP contribution in [0, 0.1) is 0 Å². The van der Waals surface area contributed by atoms with E-state index >= 15 is 0 Å². The Morgan fingerprint density at radius 1 is 1.04 bits per heavy atom. The van der Waals surface area contributed by atoms with Crippen molar-refractivity contribution >= 4 is 35.6 Å². The molecule has 148 valence electrons. The number of aliphatic hydroxyl groups is 1. The second-order valence-corrected chi connectivity index (χ2v) is 6.16. The van der Waals surface area contributed by atoms with Gasteiger partial charge in [-0.15, -0.1) is 24.0 Å². The fourth-order valence-electron chi connectivity index (χ4n) is 2.64. The van der Waals surface area contributed by atoms with Gasteiger partial charge in [-0.05, 0) is 31.0 Å². The number of nitrogens with zero attached hydrogens (tertiary/aromatic N) is 2. The van der Waals surface area contributed by atoms with Crippen molar-refractivity contribution in [3.63, 3.8) is 0 Å². The van der Waals surface area contributed by atoms with E-state index < -0.39 is 6.10 Å². The molecule has 0 aliphatic heterocycles. The fraction of sp³-hybridized carbons (Fsp3) is 0.381. The topological polar surface area (TPSA) is 59.9 Å². The van der Waals surface area contributed by atoms with Gasteiger partial charge >= 0.3 is 0 Å². The van der Waals surface area contributed by atoms with Gasteiger partial charge in [0, 0.05) is 38.9 Å². The molecule has 2 rings (SSSR count). The lowest BCUT2D eigenvalue weighted by Crippen LogP contribution is -2.41. The van der Waals surface area contributed by atoms with Crippen LogP contribution in [0.25, 0.3) is 0 Å². The van der Waals surface area contributed by atoms with Gasteiger partial charge in [0.2, 0.25) is 0 Å². The van der Waals surface area contributed by atoms with E-state index in [2.05, 4.69) is 39.7 Å². The van der Waals surface area contributed by atoms with Gasteiger partial charge in [0.25, 0.3) is 0 Å².